The summed E-state index contributed by atoms with van der Waals surface area (Å²) in [6.07, 6.45) is 12.6. The fourth-order valence-electron chi connectivity index (χ4n) is 11.8. The van der Waals surface area contributed by atoms with Gasteiger partial charge in [-0.3, -0.25) is 0 Å². The van der Waals surface area contributed by atoms with Gasteiger partial charge in [-0.05, 0) is 127 Å². The van der Waals surface area contributed by atoms with Gasteiger partial charge in [0.05, 0.1) is 6.10 Å². The summed E-state index contributed by atoms with van der Waals surface area (Å²) in [4.78, 5) is 0. The summed E-state index contributed by atoms with van der Waals surface area (Å²) in [5.41, 5.74) is 1.40. The molecule has 0 aromatic rings. The fraction of sp³-hybridized carbons (Fsp3) is 1.00. The second-order valence-corrected chi connectivity index (χ2v) is 15.0. The standard InChI is InChI=1S/C30H52O2/c1-19(2)20-10-15-30(18-31)17-16-28(6)21(25(20)30)8-9-23-27(5)13-12-24(32)26(3,4)22(27)11-14-29(23,28)7/h19-25,31-32H,8-18H2,1-7H3/t20-,21?,22-,23+,24?,25+,27?,28+,29+,30?/m0/s1. The summed E-state index contributed by atoms with van der Waals surface area (Å²) in [5.74, 6) is 4.45. The second-order valence-electron chi connectivity index (χ2n) is 15.0. The molecule has 32 heavy (non-hydrogen) atoms. The van der Waals surface area contributed by atoms with Gasteiger partial charge in [-0.15, -0.1) is 0 Å². The van der Waals surface area contributed by atoms with Gasteiger partial charge in [-0.1, -0.05) is 48.5 Å². The van der Waals surface area contributed by atoms with E-state index in [2.05, 4.69) is 48.5 Å². The average molecular weight is 445 g/mol. The molecule has 0 radical (unpaired) electrons. The zero-order chi connectivity index (χ0) is 23.3. The van der Waals surface area contributed by atoms with Gasteiger partial charge >= 0.3 is 0 Å². The van der Waals surface area contributed by atoms with Crippen molar-refractivity contribution in [3.05, 3.63) is 0 Å². The summed E-state index contributed by atoms with van der Waals surface area (Å²) < 4.78 is 0. The molecule has 0 spiro atoms. The van der Waals surface area contributed by atoms with Crippen LogP contribution in [0.1, 0.15) is 113 Å². The van der Waals surface area contributed by atoms with Crippen LogP contribution in [0.25, 0.3) is 0 Å². The molecule has 0 saturated heterocycles. The van der Waals surface area contributed by atoms with Gasteiger partial charge in [0.2, 0.25) is 0 Å². The van der Waals surface area contributed by atoms with Crippen LogP contribution in [-0.4, -0.2) is 22.9 Å². The van der Waals surface area contributed by atoms with Crippen LogP contribution in [-0.2, 0) is 0 Å². The maximum atomic E-state index is 10.9. The molecule has 0 heterocycles. The first-order valence-electron chi connectivity index (χ1n) is 14.2. The third-order valence-electron chi connectivity index (χ3n) is 13.8. The number of hydrogen-bond donors (Lipinski definition) is 2. The van der Waals surface area contributed by atoms with Crippen molar-refractivity contribution in [2.45, 2.75) is 119 Å². The molecule has 4 unspecified atom stereocenters. The molecule has 184 valence electrons. The molecule has 5 saturated carbocycles. The summed E-state index contributed by atoms with van der Waals surface area (Å²) in [5, 5.41) is 21.6. The highest BCUT2D eigenvalue weighted by Crippen LogP contribution is 2.77. The molecular formula is C30H52O2. The summed E-state index contributed by atoms with van der Waals surface area (Å²) >= 11 is 0. The second kappa shape index (κ2) is 7.22. The monoisotopic (exact) mass is 444 g/mol. The van der Waals surface area contributed by atoms with Crippen LogP contribution in [0.3, 0.4) is 0 Å². The summed E-state index contributed by atoms with van der Waals surface area (Å²) in [6, 6.07) is 0. The number of aliphatic hydroxyl groups excluding tert-OH is 2. The maximum Gasteiger partial charge on any atom is 0.0594 e. The normalized spacial score (nSPS) is 56.8. The van der Waals surface area contributed by atoms with Crippen molar-refractivity contribution in [3.8, 4) is 0 Å². The van der Waals surface area contributed by atoms with Crippen LogP contribution in [0.5, 0.6) is 0 Å². The van der Waals surface area contributed by atoms with Crippen molar-refractivity contribution in [1.29, 1.82) is 0 Å². The Balaban J connectivity index is 1.54. The molecule has 2 N–H and O–H groups in total. The summed E-state index contributed by atoms with van der Waals surface area (Å²) in [6.45, 7) is 18.1. The Hall–Kier alpha value is -0.0800. The zero-order valence-electron chi connectivity index (χ0n) is 22.2. The Morgan fingerprint density at radius 1 is 0.750 bits per heavy atom. The molecule has 5 aliphatic rings. The van der Waals surface area contributed by atoms with Crippen molar-refractivity contribution in [1.82, 2.24) is 0 Å². The van der Waals surface area contributed by atoms with E-state index in [1.807, 2.05) is 0 Å². The van der Waals surface area contributed by atoms with Crippen LogP contribution >= 0.6 is 0 Å². The molecule has 5 fully saturated rings. The maximum absolute atomic E-state index is 10.9. The summed E-state index contributed by atoms with van der Waals surface area (Å²) in [7, 11) is 0. The highest BCUT2D eigenvalue weighted by Gasteiger charge is 2.70. The van der Waals surface area contributed by atoms with Crippen LogP contribution in [0, 0.1) is 62.6 Å². The van der Waals surface area contributed by atoms with Gasteiger partial charge < -0.3 is 10.2 Å². The minimum Gasteiger partial charge on any atom is -0.396 e. The smallest absolute Gasteiger partial charge is 0.0594 e. The van der Waals surface area contributed by atoms with E-state index in [1.165, 1.54) is 57.8 Å². The van der Waals surface area contributed by atoms with E-state index in [4.69, 9.17) is 0 Å². The minimum atomic E-state index is -0.137. The average Bonchev–Trinajstić information content (AvgIpc) is 3.12. The number of aliphatic hydroxyl groups is 2. The van der Waals surface area contributed by atoms with Gasteiger partial charge in [0.1, 0.15) is 0 Å². The van der Waals surface area contributed by atoms with E-state index in [0.717, 1.165) is 36.0 Å². The molecule has 0 aliphatic heterocycles. The lowest BCUT2D eigenvalue weighted by molar-refractivity contribution is -0.251. The molecule has 5 aliphatic carbocycles. The van der Waals surface area contributed by atoms with Gasteiger partial charge in [0, 0.05) is 6.61 Å². The van der Waals surface area contributed by atoms with Crippen molar-refractivity contribution in [2.75, 3.05) is 6.61 Å². The highest BCUT2D eigenvalue weighted by molar-refractivity contribution is 5.19. The van der Waals surface area contributed by atoms with Crippen molar-refractivity contribution in [2.24, 2.45) is 62.6 Å². The SMILES string of the molecule is CC(C)[C@@H]1CCC2(CO)CC[C@]3(C)C(CC[C@@H]4C5(C)CCC(O)C(C)(C)[C@@H]5CC[C@]43C)[C@@H]12. The third-order valence-corrected chi connectivity index (χ3v) is 13.8. The Labute approximate surface area is 198 Å². The minimum absolute atomic E-state index is 0.0406. The fourth-order valence-corrected chi connectivity index (χ4v) is 11.8. The Bertz CT molecular complexity index is 743. The Kier molecular flexibility index (Phi) is 5.34. The van der Waals surface area contributed by atoms with Crippen LogP contribution in [0.4, 0.5) is 0 Å². The number of rotatable bonds is 2. The number of fused-ring (bicyclic) bond motifs is 7. The molecular weight excluding hydrogens is 392 g/mol. The quantitative estimate of drug-likeness (QED) is 0.478. The predicted molar refractivity (Wildman–Crippen MR) is 132 cm³/mol. The molecule has 0 amide bonds. The lowest BCUT2D eigenvalue weighted by Gasteiger charge is -2.73. The molecule has 0 bridgehead atoms. The van der Waals surface area contributed by atoms with Gasteiger partial charge in [0.15, 0.2) is 0 Å². The van der Waals surface area contributed by atoms with E-state index in [9.17, 15) is 10.2 Å². The van der Waals surface area contributed by atoms with Crippen LogP contribution in [0.15, 0.2) is 0 Å². The molecule has 5 rings (SSSR count). The van der Waals surface area contributed by atoms with E-state index in [-0.39, 0.29) is 16.9 Å². The molecule has 10 atom stereocenters. The lowest BCUT2D eigenvalue weighted by Crippen LogP contribution is -2.66. The first-order valence-corrected chi connectivity index (χ1v) is 14.2. The number of hydrogen-bond acceptors (Lipinski definition) is 2. The first kappa shape index (κ1) is 23.7. The molecule has 2 heteroatoms. The van der Waals surface area contributed by atoms with Gasteiger partial charge in [-0.2, -0.15) is 0 Å². The topological polar surface area (TPSA) is 40.5 Å². The van der Waals surface area contributed by atoms with Crippen LogP contribution in [0.2, 0.25) is 0 Å². The van der Waals surface area contributed by atoms with Gasteiger partial charge in [-0.25, -0.2) is 0 Å². The van der Waals surface area contributed by atoms with E-state index >= 15 is 0 Å². The first-order chi connectivity index (χ1) is 14.9. The predicted octanol–water partition coefficient (Wildman–Crippen LogP) is 7.08. The Morgan fingerprint density at radius 3 is 2.12 bits per heavy atom. The van der Waals surface area contributed by atoms with Crippen molar-refractivity contribution in [3.63, 3.8) is 0 Å². The molecule has 0 aromatic carbocycles. The molecule has 0 aromatic heterocycles. The Morgan fingerprint density at radius 2 is 1.47 bits per heavy atom. The zero-order valence-corrected chi connectivity index (χ0v) is 22.2. The van der Waals surface area contributed by atoms with Crippen LogP contribution < -0.4 is 0 Å². The van der Waals surface area contributed by atoms with Crippen molar-refractivity contribution < 1.29 is 10.2 Å². The van der Waals surface area contributed by atoms with Crippen molar-refractivity contribution >= 4 is 0 Å². The van der Waals surface area contributed by atoms with E-state index in [0.29, 0.717) is 28.8 Å². The lowest BCUT2D eigenvalue weighted by atomic mass is 9.32. The largest absolute Gasteiger partial charge is 0.396 e. The highest BCUT2D eigenvalue weighted by atomic mass is 16.3. The van der Waals surface area contributed by atoms with E-state index in [1.54, 1.807) is 0 Å². The third kappa shape index (κ3) is 2.72. The van der Waals surface area contributed by atoms with Gasteiger partial charge in [0.25, 0.3) is 0 Å². The molecule has 2 nitrogen and oxygen atoms in total. The van der Waals surface area contributed by atoms with E-state index < -0.39 is 0 Å².